The van der Waals surface area contributed by atoms with Crippen LogP contribution in [0.3, 0.4) is 0 Å². The Morgan fingerprint density at radius 2 is 1.36 bits per heavy atom. The highest BCUT2D eigenvalue weighted by Crippen LogP contribution is 2.45. The van der Waals surface area contributed by atoms with Gasteiger partial charge in [-0.2, -0.15) is 0 Å². The van der Waals surface area contributed by atoms with Gasteiger partial charge in [0.25, 0.3) is 5.91 Å². The van der Waals surface area contributed by atoms with Crippen molar-refractivity contribution in [1.82, 2.24) is 19.4 Å². The van der Waals surface area contributed by atoms with Crippen LogP contribution in [0.2, 0.25) is 0 Å². The van der Waals surface area contributed by atoms with Gasteiger partial charge in [0, 0.05) is 96.9 Å². The number of aromatic nitrogens is 2. The van der Waals surface area contributed by atoms with Crippen molar-refractivity contribution < 1.29 is 19.4 Å². The van der Waals surface area contributed by atoms with E-state index in [-0.39, 0.29) is 23.9 Å². The van der Waals surface area contributed by atoms with Crippen molar-refractivity contribution in [1.29, 1.82) is 0 Å². The molecule has 45 heavy (non-hydrogen) atoms. The van der Waals surface area contributed by atoms with E-state index in [2.05, 4.69) is 61.8 Å². The molecule has 1 atom stereocenters. The third-order valence-electron chi connectivity index (χ3n) is 10.0. The molecule has 6 aromatic rings. The zero-order valence-corrected chi connectivity index (χ0v) is 24.8. The molecular formula is C36H33N5O4. The molecule has 0 radical (unpaired) electrons. The molecule has 9 rings (SSSR count). The number of carbonyl (C=O) groups is 2. The van der Waals surface area contributed by atoms with Gasteiger partial charge in [0.1, 0.15) is 11.9 Å². The lowest BCUT2D eigenvalue weighted by molar-refractivity contribution is 0.0505. The molecule has 1 saturated heterocycles. The smallest absolute Gasteiger partial charge is 0.410 e. The van der Waals surface area contributed by atoms with Crippen LogP contribution >= 0.6 is 0 Å². The molecular weight excluding hydrogens is 566 g/mol. The first-order valence-electron chi connectivity index (χ1n) is 15.8. The summed E-state index contributed by atoms with van der Waals surface area (Å²) in [5.74, 6) is 0.236. The van der Waals surface area contributed by atoms with Crippen LogP contribution in [0.1, 0.15) is 28.8 Å². The topological polar surface area (TPSA) is 92.0 Å². The number of nitrogens with zero attached hydrogens (tertiary/aromatic N) is 4. The summed E-state index contributed by atoms with van der Waals surface area (Å²) in [5.41, 5.74) is 7.39. The van der Waals surface area contributed by atoms with Gasteiger partial charge < -0.3 is 34.1 Å². The molecule has 0 aliphatic carbocycles. The number of hydrogen-bond donors (Lipinski definition) is 2. The van der Waals surface area contributed by atoms with Gasteiger partial charge >= 0.3 is 6.09 Å². The number of aryl methyl sites for hydroxylation is 2. The summed E-state index contributed by atoms with van der Waals surface area (Å²) in [5, 5.41) is 17.2. The number of nitrogens with one attached hydrogen (secondary N) is 1. The standard InChI is InChI=1S/C36H33N5O4/c42-23-11-9-22(10-12-23)38-17-19-39(20-18-38)36(44)45-24-13-15-40-28-7-3-1-5-25(28)30-27-21-37-35(43)32(27)31-26-6-2-4-8-29(26)41(16-14-24)34(31)33(30)40/h1-12,24,42H,13-21H2,(H,37,43). The van der Waals surface area contributed by atoms with Crippen LogP contribution in [-0.2, 0) is 24.4 Å². The van der Waals surface area contributed by atoms with Crippen molar-refractivity contribution in [3.63, 3.8) is 0 Å². The second-order valence-corrected chi connectivity index (χ2v) is 12.4. The van der Waals surface area contributed by atoms with Gasteiger partial charge in [-0.05, 0) is 42.0 Å². The minimum Gasteiger partial charge on any atom is -0.508 e. The quantitative estimate of drug-likeness (QED) is 0.256. The molecule has 2 N–H and O–H groups in total. The number of ether oxygens (including phenoxy) is 1. The number of benzene rings is 4. The molecule has 0 bridgehead atoms. The number of fused-ring (bicyclic) bond motifs is 9. The maximum Gasteiger partial charge on any atom is 0.410 e. The third-order valence-corrected chi connectivity index (χ3v) is 10.0. The number of aromatic hydroxyl groups is 1. The van der Waals surface area contributed by atoms with Gasteiger partial charge in [-0.3, -0.25) is 4.79 Å². The molecule has 4 aromatic carbocycles. The highest BCUT2D eigenvalue weighted by atomic mass is 16.6. The lowest BCUT2D eigenvalue weighted by atomic mass is 9.97. The van der Waals surface area contributed by atoms with E-state index in [0.717, 1.165) is 60.4 Å². The van der Waals surface area contributed by atoms with Crippen LogP contribution in [0.4, 0.5) is 10.5 Å². The summed E-state index contributed by atoms with van der Waals surface area (Å²) in [7, 11) is 0. The Labute approximate surface area is 259 Å². The van der Waals surface area contributed by atoms with E-state index in [1.54, 1.807) is 12.1 Å². The first kappa shape index (κ1) is 26.2. The average Bonchev–Trinajstić information content (AvgIpc) is 3.73. The Bertz CT molecular complexity index is 2170. The van der Waals surface area contributed by atoms with Crippen molar-refractivity contribution >= 4 is 61.3 Å². The second kappa shape index (κ2) is 9.92. The number of phenolic OH excluding ortho intramolecular Hbond substituents is 1. The lowest BCUT2D eigenvalue weighted by Gasteiger charge is -2.36. The summed E-state index contributed by atoms with van der Waals surface area (Å²) in [4.78, 5) is 31.0. The zero-order valence-electron chi connectivity index (χ0n) is 24.8. The van der Waals surface area contributed by atoms with Gasteiger partial charge in [-0.1, -0.05) is 36.4 Å². The molecule has 1 fully saturated rings. The van der Waals surface area contributed by atoms with E-state index in [4.69, 9.17) is 4.74 Å². The van der Waals surface area contributed by atoms with Crippen LogP contribution in [0.25, 0.3) is 43.6 Å². The lowest BCUT2D eigenvalue weighted by Crippen LogP contribution is -2.49. The van der Waals surface area contributed by atoms with Gasteiger partial charge in [0.2, 0.25) is 0 Å². The predicted octanol–water partition coefficient (Wildman–Crippen LogP) is 5.97. The van der Waals surface area contributed by atoms with Crippen molar-refractivity contribution in [3.05, 3.63) is 83.9 Å². The molecule has 5 heterocycles. The van der Waals surface area contributed by atoms with Gasteiger partial charge in [0.05, 0.1) is 16.6 Å². The molecule has 2 amide bonds. The number of carbonyl (C=O) groups excluding carboxylic acids is 2. The summed E-state index contributed by atoms with van der Waals surface area (Å²) in [6, 6.07) is 24.0. The predicted molar refractivity (Wildman–Crippen MR) is 175 cm³/mol. The highest BCUT2D eigenvalue weighted by Gasteiger charge is 2.33. The van der Waals surface area contributed by atoms with E-state index < -0.39 is 0 Å². The second-order valence-electron chi connectivity index (χ2n) is 12.4. The minimum absolute atomic E-state index is 0.0104. The Kier molecular flexibility index (Phi) is 5.78. The summed E-state index contributed by atoms with van der Waals surface area (Å²) in [6.07, 6.45) is 0.860. The number of amides is 2. The molecule has 3 aliphatic rings. The minimum atomic E-state index is -0.261. The average molecular weight is 600 g/mol. The van der Waals surface area contributed by atoms with Crippen LogP contribution < -0.4 is 10.2 Å². The summed E-state index contributed by atoms with van der Waals surface area (Å²) < 4.78 is 11.0. The van der Waals surface area contributed by atoms with Crippen molar-refractivity contribution in [2.24, 2.45) is 0 Å². The van der Waals surface area contributed by atoms with Crippen LogP contribution in [0, 0.1) is 0 Å². The summed E-state index contributed by atoms with van der Waals surface area (Å²) in [6.45, 7) is 4.47. The molecule has 0 saturated carbocycles. The Morgan fingerprint density at radius 3 is 2.02 bits per heavy atom. The van der Waals surface area contributed by atoms with Crippen LogP contribution in [-0.4, -0.2) is 63.4 Å². The highest BCUT2D eigenvalue weighted by molar-refractivity contribution is 6.30. The molecule has 0 spiro atoms. The fourth-order valence-corrected chi connectivity index (χ4v) is 7.92. The number of para-hydroxylation sites is 2. The molecule has 3 aliphatic heterocycles. The monoisotopic (exact) mass is 599 g/mol. The molecule has 9 nitrogen and oxygen atoms in total. The zero-order chi connectivity index (χ0) is 30.2. The number of hydrogen-bond acceptors (Lipinski definition) is 5. The number of piperazine rings is 1. The van der Waals surface area contributed by atoms with Crippen molar-refractivity contribution in [2.75, 3.05) is 31.1 Å². The number of rotatable bonds is 2. The van der Waals surface area contributed by atoms with E-state index in [1.165, 1.54) is 0 Å². The Hall–Kier alpha value is -5.18. The van der Waals surface area contributed by atoms with Crippen molar-refractivity contribution in [2.45, 2.75) is 38.6 Å². The summed E-state index contributed by atoms with van der Waals surface area (Å²) >= 11 is 0. The van der Waals surface area contributed by atoms with E-state index in [0.29, 0.717) is 58.7 Å². The van der Waals surface area contributed by atoms with Gasteiger partial charge in [0.15, 0.2) is 0 Å². The van der Waals surface area contributed by atoms with Gasteiger partial charge in [-0.25, -0.2) is 4.79 Å². The maximum atomic E-state index is 13.5. The van der Waals surface area contributed by atoms with Gasteiger partial charge in [-0.15, -0.1) is 0 Å². The maximum absolute atomic E-state index is 13.5. The normalized spacial score (nSPS) is 18.4. The first-order valence-corrected chi connectivity index (χ1v) is 15.8. The number of phenols is 1. The first-order chi connectivity index (χ1) is 22.1. The third kappa shape index (κ3) is 3.92. The molecule has 9 heteroatoms. The molecule has 2 aromatic heterocycles. The van der Waals surface area contributed by atoms with E-state index >= 15 is 0 Å². The Morgan fingerprint density at radius 1 is 0.756 bits per heavy atom. The fraction of sp³-hybridized carbons (Fsp3) is 0.278. The fourth-order valence-electron chi connectivity index (χ4n) is 7.92. The van der Waals surface area contributed by atoms with E-state index in [9.17, 15) is 14.7 Å². The van der Waals surface area contributed by atoms with Crippen molar-refractivity contribution in [3.8, 4) is 5.75 Å². The van der Waals surface area contributed by atoms with Crippen LogP contribution in [0.15, 0.2) is 72.8 Å². The SMILES string of the molecule is O=C1NCc2c1c1c3ccccc3n3c1c1c2c2ccccc2n1CCC(OC(=O)N1CCN(c2ccc(O)cc2)CC1)CC3. The molecule has 226 valence electrons. The largest absolute Gasteiger partial charge is 0.508 e. The Balaban J connectivity index is 1.09. The number of anilines is 1. The van der Waals surface area contributed by atoms with E-state index in [1.807, 2.05) is 23.1 Å². The van der Waals surface area contributed by atoms with Crippen LogP contribution in [0.5, 0.6) is 5.75 Å². The molecule has 1 unspecified atom stereocenters.